The van der Waals surface area contributed by atoms with Crippen LogP contribution in [-0.4, -0.2) is 10.9 Å². The average Bonchev–Trinajstić information content (AvgIpc) is 2.73. The monoisotopic (exact) mass is 508 g/mol. The van der Waals surface area contributed by atoms with Crippen LogP contribution in [0.5, 0.6) is 11.5 Å². The Morgan fingerprint density at radius 1 is 1.00 bits per heavy atom. The molecule has 0 atom stereocenters. The maximum absolute atomic E-state index is 12.8. The van der Waals surface area contributed by atoms with Crippen molar-refractivity contribution in [3.05, 3.63) is 98.8 Å². The summed E-state index contributed by atoms with van der Waals surface area (Å²) >= 11 is 2.27. The third kappa shape index (κ3) is 4.46. The van der Waals surface area contributed by atoms with E-state index in [0.29, 0.717) is 17.9 Å². The zero-order chi connectivity index (χ0) is 21.1. The van der Waals surface area contributed by atoms with Gasteiger partial charge in [-0.2, -0.15) is 0 Å². The Morgan fingerprint density at radius 2 is 1.83 bits per heavy atom. The summed E-state index contributed by atoms with van der Waals surface area (Å²) in [7, 11) is 0. The third-order valence-corrected chi connectivity index (χ3v) is 5.62. The van der Waals surface area contributed by atoms with Crippen LogP contribution in [0.25, 0.3) is 10.9 Å². The first-order chi connectivity index (χ1) is 14.5. The van der Waals surface area contributed by atoms with E-state index in [2.05, 4.69) is 39.0 Å². The van der Waals surface area contributed by atoms with Gasteiger partial charge in [-0.25, -0.2) is 0 Å². The number of pyridine rings is 1. The van der Waals surface area contributed by atoms with Crippen LogP contribution in [0.2, 0.25) is 0 Å². The molecule has 1 heterocycles. The van der Waals surface area contributed by atoms with Crippen LogP contribution >= 0.6 is 22.6 Å². The molecule has 0 radical (unpaired) electrons. The van der Waals surface area contributed by atoms with E-state index < -0.39 is 0 Å². The molecule has 0 fully saturated rings. The third-order valence-electron chi connectivity index (χ3n) is 4.95. The van der Waals surface area contributed by atoms with E-state index in [1.807, 2.05) is 74.5 Å². The number of fused-ring (bicyclic) bond motifs is 1. The van der Waals surface area contributed by atoms with Crippen molar-refractivity contribution in [3.8, 4) is 11.5 Å². The van der Waals surface area contributed by atoms with Crippen molar-refractivity contribution in [2.24, 2.45) is 0 Å². The van der Waals surface area contributed by atoms with E-state index in [1.165, 1.54) is 0 Å². The van der Waals surface area contributed by atoms with Gasteiger partial charge in [-0.15, -0.1) is 0 Å². The zero-order valence-corrected chi connectivity index (χ0v) is 18.9. The quantitative estimate of drug-likeness (QED) is 0.328. The molecular formula is C25H21IN2O2. The maximum Gasteiger partial charge on any atom is 0.251 e. The predicted octanol–water partition coefficient (Wildman–Crippen LogP) is 6.18. The lowest BCUT2D eigenvalue weighted by Crippen LogP contribution is -2.23. The smallest absolute Gasteiger partial charge is 0.251 e. The molecule has 1 N–H and O–H groups in total. The number of benzene rings is 3. The summed E-state index contributed by atoms with van der Waals surface area (Å²) in [5.74, 6) is 1.26. The number of carbonyl (C=O) groups excluding carboxylic acids is 1. The molecule has 0 bridgehead atoms. The SMILES string of the molecule is Cc1ccc2c(Oc3cccc(C(=O)NCc4cccc(I)c4)c3C)ccnc2c1. The Bertz CT molecular complexity index is 1240. The molecule has 0 unspecified atom stereocenters. The molecule has 0 spiro atoms. The highest BCUT2D eigenvalue weighted by molar-refractivity contribution is 14.1. The lowest BCUT2D eigenvalue weighted by molar-refractivity contribution is 0.0950. The van der Waals surface area contributed by atoms with Crippen molar-refractivity contribution in [2.75, 3.05) is 0 Å². The number of halogens is 1. The predicted molar refractivity (Wildman–Crippen MR) is 128 cm³/mol. The van der Waals surface area contributed by atoms with Crippen LogP contribution in [-0.2, 0) is 6.54 Å². The fourth-order valence-electron chi connectivity index (χ4n) is 3.33. The molecule has 4 nitrogen and oxygen atoms in total. The average molecular weight is 508 g/mol. The van der Waals surface area contributed by atoms with Crippen molar-refractivity contribution in [3.63, 3.8) is 0 Å². The van der Waals surface area contributed by atoms with Gasteiger partial charge in [0.05, 0.1) is 5.52 Å². The fraction of sp³-hybridized carbons (Fsp3) is 0.120. The van der Waals surface area contributed by atoms with E-state index in [0.717, 1.165) is 36.9 Å². The van der Waals surface area contributed by atoms with Crippen molar-refractivity contribution < 1.29 is 9.53 Å². The number of hydrogen-bond donors (Lipinski definition) is 1. The van der Waals surface area contributed by atoms with Gasteiger partial charge in [0.25, 0.3) is 5.91 Å². The van der Waals surface area contributed by atoms with E-state index in [4.69, 9.17) is 4.74 Å². The van der Waals surface area contributed by atoms with Crippen molar-refractivity contribution in [1.82, 2.24) is 10.3 Å². The molecular weight excluding hydrogens is 487 g/mol. The lowest BCUT2D eigenvalue weighted by Gasteiger charge is -2.14. The van der Waals surface area contributed by atoms with Crippen LogP contribution in [0.15, 0.2) is 72.9 Å². The van der Waals surface area contributed by atoms with Gasteiger partial charge in [0.1, 0.15) is 11.5 Å². The molecule has 1 amide bonds. The summed E-state index contributed by atoms with van der Waals surface area (Å²) in [5, 5.41) is 3.94. The van der Waals surface area contributed by atoms with Gasteiger partial charge in [-0.3, -0.25) is 9.78 Å². The topological polar surface area (TPSA) is 51.2 Å². The van der Waals surface area contributed by atoms with Crippen LogP contribution in [0.3, 0.4) is 0 Å². The van der Waals surface area contributed by atoms with Crippen LogP contribution in [0, 0.1) is 17.4 Å². The number of ether oxygens (including phenoxy) is 1. The highest BCUT2D eigenvalue weighted by Gasteiger charge is 2.14. The first-order valence-corrected chi connectivity index (χ1v) is 10.7. The Hall–Kier alpha value is -2.93. The van der Waals surface area contributed by atoms with Gasteiger partial charge in [-0.1, -0.05) is 24.3 Å². The minimum absolute atomic E-state index is 0.118. The number of nitrogens with one attached hydrogen (secondary N) is 1. The van der Waals surface area contributed by atoms with E-state index in [-0.39, 0.29) is 5.91 Å². The second-order valence-corrected chi connectivity index (χ2v) is 8.42. The molecule has 4 rings (SSSR count). The van der Waals surface area contributed by atoms with Crippen molar-refractivity contribution in [1.29, 1.82) is 0 Å². The van der Waals surface area contributed by atoms with Gasteiger partial charge in [0.15, 0.2) is 0 Å². The Morgan fingerprint density at radius 3 is 2.67 bits per heavy atom. The molecule has 1 aromatic heterocycles. The second-order valence-electron chi connectivity index (χ2n) is 7.17. The number of rotatable bonds is 5. The molecule has 150 valence electrons. The van der Waals surface area contributed by atoms with E-state index >= 15 is 0 Å². The number of nitrogens with zero attached hydrogens (tertiary/aromatic N) is 1. The second kappa shape index (κ2) is 8.83. The van der Waals surface area contributed by atoms with E-state index in [1.54, 1.807) is 6.20 Å². The first-order valence-electron chi connectivity index (χ1n) is 9.67. The van der Waals surface area contributed by atoms with Crippen LogP contribution < -0.4 is 10.1 Å². The van der Waals surface area contributed by atoms with Gasteiger partial charge in [0, 0.05) is 32.8 Å². The van der Waals surface area contributed by atoms with Gasteiger partial charge in [0.2, 0.25) is 0 Å². The minimum Gasteiger partial charge on any atom is -0.456 e. The molecule has 0 saturated heterocycles. The van der Waals surface area contributed by atoms with Gasteiger partial charge in [-0.05, 0) is 90.0 Å². The Kier molecular flexibility index (Phi) is 5.99. The molecule has 0 aliphatic carbocycles. The molecule has 30 heavy (non-hydrogen) atoms. The summed E-state index contributed by atoms with van der Waals surface area (Å²) in [5.41, 5.74) is 4.51. The molecule has 0 aliphatic rings. The van der Waals surface area contributed by atoms with Crippen LogP contribution in [0.1, 0.15) is 27.0 Å². The largest absolute Gasteiger partial charge is 0.456 e. The minimum atomic E-state index is -0.118. The highest BCUT2D eigenvalue weighted by Crippen LogP contribution is 2.32. The normalized spacial score (nSPS) is 10.8. The van der Waals surface area contributed by atoms with E-state index in [9.17, 15) is 4.79 Å². The fourth-order valence-corrected chi connectivity index (χ4v) is 3.94. The maximum atomic E-state index is 12.8. The van der Waals surface area contributed by atoms with Crippen molar-refractivity contribution in [2.45, 2.75) is 20.4 Å². The first kappa shape index (κ1) is 20.3. The van der Waals surface area contributed by atoms with Gasteiger partial charge < -0.3 is 10.1 Å². The number of hydrogen-bond acceptors (Lipinski definition) is 3. The van der Waals surface area contributed by atoms with Gasteiger partial charge >= 0.3 is 0 Å². The number of aromatic nitrogens is 1. The standard InChI is InChI=1S/C25H21IN2O2/c1-16-9-10-21-22(13-16)27-12-11-24(21)30-23-8-4-7-20(17(23)2)25(29)28-15-18-5-3-6-19(26)14-18/h3-14H,15H2,1-2H3,(H,28,29). The number of carbonyl (C=O) groups is 1. The zero-order valence-electron chi connectivity index (χ0n) is 16.8. The Labute approximate surface area is 189 Å². The summed E-state index contributed by atoms with van der Waals surface area (Å²) in [6, 6.07) is 21.6. The highest BCUT2D eigenvalue weighted by atomic mass is 127. The molecule has 0 saturated carbocycles. The lowest BCUT2D eigenvalue weighted by atomic mass is 10.1. The Balaban J connectivity index is 1.57. The van der Waals surface area contributed by atoms with Crippen LogP contribution in [0.4, 0.5) is 0 Å². The number of amides is 1. The summed E-state index contributed by atoms with van der Waals surface area (Å²) in [6.07, 6.45) is 1.74. The molecule has 3 aromatic carbocycles. The summed E-state index contributed by atoms with van der Waals surface area (Å²) in [6.45, 7) is 4.43. The molecule has 4 aromatic rings. The summed E-state index contributed by atoms with van der Waals surface area (Å²) in [4.78, 5) is 17.2. The molecule has 5 heteroatoms. The number of aryl methyl sites for hydroxylation is 1. The summed E-state index contributed by atoms with van der Waals surface area (Å²) < 4.78 is 7.35. The van der Waals surface area contributed by atoms with Crippen molar-refractivity contribution >= 4 is 39.4 Å². The molecule has 0 aliphatic heterocycles.